The van der Waals surface area contributed by atoms with Gasteiger partial charge in [-0.2, -0.15) is 0 Å². The fourth-order valence-electron chi connectivity index (χ4n) is 4.60. The van der Waals surface area contributed by atoms with Crippen LogP contribution in [0, 0.1) is 17.8 Å². The predicted octanol–water partition coefficient (Wildman–Crippen LogP) is 3.58. The highest BCUT2D eigenvalue weighted by atomic mass is 32.1. The topological polar surface area (TPSA) is 109 Å². The van der Waals surface area contributed by atoms with Crippen molar-refractivity contribution in [3.05, 3.63) is 16.0 Å². The molecular weight excluding hydrogens is 364 g/mol. The van der Waals surface area contributed by atoms with Crippen LogP contribution in [0.2, 0.25) is 0 Å². The standard InChI is InChI=1S/C20H28N2O4S/c1-2-5-11-8-9-14-15(10-11)27-19(16(14)17(21)23)22-18(24)12-6-3-4-7-13(12)20(25)26/h11-13H,2-10H2,1H3,(H2,21,23)(H,22,24)(H,25,26)/t11-,12-,13-/m0/s1. The van der Waals surface area contributed by atoms with E-state index < -0.39 is 23.7 Å². The summed E-state index contributed by atoms with van der Waals surface area (Å²) in [5.41, 5.74) is 7.04. The third-order valence-electron chi connectivity index (χ3n) is 5.97. The Morgan fingerprint density at radius 3 is 2.52 bits per heavy atom. The van der Waals surface area contributed by atoms with E-state index in [1.807, 2.05) is 0 Å². The minimum atomic E-state index is -0.919. The summed E-state index contributed by atoms with van der Waals surface area (Å²) >= 11 is 1.44. The van der Waals surface area contributed by atoms with Gasteiger partial charge in [-0.3, -0.25) is 14.4 Å². The largest absolute Gasteiger partial charge is 0.481 e. The number of aliphatic carboxylic acids is 1. The molecule has 1 aromatic heterocycles. The summed E-state index contributed by atoms with van der Waals surface area (Å²) < 4.78 is 0. The molecule has 7 heteroatoms. The first-order chi connectivity index (χ1) is 12.9. The quantitative estimate of drug-likeness (QED) is 0.687. The van der Waals surface area contributed by atoms with Gasteiger partial charge < -0.3 is 16.2 Å². The summed E-state index contributed by atoms with van der Waals surface area (Å²) in [5.74, 6) is -2.33. The summed E-state index contributed by atoms with van der Waals surface area (Å²) in [4.78, 5) is 37.5. The van der Waals surface area contributed by atoms with E-state index in [9.17, 15) is 19.5 Å². The molecule has 0 bridgehead atoms. The van der Waals surface area contributed by atoms with Crippen LogP contribution in [0.5, 0.6) is 0 Å². The highest BCUT2D eigenvalue weighted by Crippen LogP contribution is 2.41. The van der Waals surface area contributed by atoms with Crippen LogP contribution in [0.4, 0.5) is 5.00 Å². The number of rotatable bonds is 6. The normalized spacial score (nSPS) is 24.9. The molecule has 1 saturated carbocycles. The van der Waals surface area contributed by atoms with Gasteiger partial charge in [0.15, 0.2) is 0 Å². The summed E-state index contributed by atoms with van der Waals surface area (Å²) in [7, 11) is 0. The number of primary amides is 1. The molecule has 1 aromatic rings. The molecule has 1 heterocycles. The Bertz CT molecular complexity index is 743. The maximum Gasteiger partial charge on any atom is 0.307 e. The maximum atomic E-state index is 12.8. The van der Waals surface area contributed by atoms with Crippen LogP contribution in [0.15, 0.2) is 0 Å². The van der Waals surface area contributed by atoms with Crippen LogP contribution in [0.3, 0.4) is 0 Å². The molecule has 0 aromatic carbocycles. The molecule has 3 atom stereocenters. The molecule has 27 heavy (non-hydrogen) atoms. The highest BCUT2D eigenvalue weighted by Gasteiger charge is 2.37. The summed E-state index contributed by atoms with van der Waals surface area (Å²) in [6.07, 6.45) is 7.84. The van der Waals surface area contributed by atoms with E-state index in [0.29, 0.717) is 29.3 Å². The van der Waals surface area contributed by atoms with Crippen molar-refractivity contribution in [2.75, 3.05) is 5.32 Å². The molecule has 0 saturated heterocycles. The third-order valence-corrected chi connectivity index (χ3v) is 7.14. The molecule has 3 rings (SSSR count). The first-order valence-electron chi connectivity index (χ1n) is 9.90. The van der Waals surface area contributed by atoms with Crippen molar-refractivity contribution in [2.24, 2.45) is 23.5 Å². The van der Waals surface area contributed by atoms with E-state index in [1.165, 1.54) is 11.3 Å². The Morgan fingerprint density at radius 2 is 1.89 bits per heavy atom. The molecule has 0 aliphatic heterocycles. The number of nitrogens with two attached hydrogens (primary N) is 1. The Kier molecular flexibility index (Phi) is 6.19. The van der Waals surface area contributed by atoms with Crippen LogP contribution in [0.25, 0.3) is 0 Å². The van der Waals surface area contributed by atoms with Gasteiger partial charge in [0, 0.05) is 4.88 Å². The average molecular weight is 393 g/mol. The van der Waals surface area contributed by atoms with Crippen molar-refractivity contribution >= 4 is 34.1 Å². The number of hydrogen-bond donors (Lipinski definition) is 3. The van der Waals surface area contributed by atoms with Gasteiger partial charge in [-0.05, 0) is 43.6 Å². The van der Waals surface area contributed by atoms with Crippen LogP contribution in [0.1, 0.15) is 72.7 Å². The Labute approximate surface area is 163 Å². The number of carboxylic acid groups (broad SMARTS) is 1. The van der Waals surface area contributed by atoms with E-state index in [4.69, 9.17) is 5.73 Å². The maximum absolute atomic E-state index is 12.8. The molecule has 2 aliphatic rings. The van der Waals surface area contributed by atoms with Gasteiger partial charge in [-0.25, -0.2) is 0 Å². The second kappa shape index (κ2) is 8.42. The average Bonchev–Trinajstić information content (AvgIpc) is 2.99. The molecule has 1 fully saturated rings. The number of carbonyl (C=O) groups is 3. The number of hydrogen-bond acceptors (Lipinski definition) is 4. The molecule has 6 nitrogen and oxygen atoms in total. The SMILES string of the molecule is CCC[C@H]1CCc2c(sc(NC(=O)[C@H]3CCCC[C@@H]3C(=O)O)c2C(N)=O)C1. The minimum Gasteiger partial charge on any atom is -0.481 e. The van der Waals surface area contributed by atoms with E-state index in [2.05, 4.69) is 12.2 Å². The number of nitrogens with one attached hydrogen (secondary N) is 1. The Morgan fingerprint density at radius 1 is 1.19 bits per heavy atom. The first-order valence-corrected chi connectivity index (χ1v) is 10.7. The van der Waals surface area contributed by atoms with Crippen LogP contribution >= 0.6 is 11.3 Å². The smallest absolute Gasteiger partial charge is 0.307 e. The number of thiophene rings is 1. The molecule has 148 valence electrons. The Hall–Kier alpha value is -1.89. The molecule has 0 unspecified atom stereocenters. The fourth-order valence-corrected chi connectivity index (χ4v) is 5.97. The first kappa shape index (κ1) is 19.9. The van der Waals surface area contributed by atoms with E-state index >= 15 is 0 Å². The number of carbonyl (C=O) groups excluding carboxylic acids is 2. The lowest BCUT2D eigenvalue weighted by Gasteiger charge is -2.27. The van der Waals surface area contributed by atoms with E-state index in [-0.39, 0.29) is 5.91 Å². The van der Waals surface area contributed by atoms with E-state index in [0.717, 1.165) is 55.4 Å². The number of anilines is 1. The highest BCUT2D eigenvalue weighted by molar-refractivity contribution is 7.17. The lowest BCUT2D eigenvalue weighted by Crippen LogP contribution is -2.36. The predicted molar refractivity (Wildman–Crippen MR) is 105 cm³/mol. The monoisotopic (exact) mass is 392 g/mol. The van der Waals surface area contributed by atoms with E-state index in [1.54, 1.807) is 0 Å². The van der Waals surface area contributed by atoms with Crippen LogP contribution in [-0.4, -0.2) is 22.9 Å². The molecule has 4 N–H and O–H groups in total. The molecular formula is C20H28N2O4S. The van der Waals surface area contributed by atoms with Crippen molar-refractivity contribution in [3.63, 3.8) is 0 Å². The zero-order valence-electron chi connectivity index (χ0n) is 15.8. The summed E-state index contributed by atoms with van der Waals surface area (Å²) in [6, 6.07) is 0. The van der Waals surface area contributed by atoms with Gasteiger partial charge in [-0.1, -0.05) is 32.6 Å². The number of carboxylic acids is 1. The number of amides is 2. The van der Waals surface area contributed by atoms with Crippen molar-refractivity contribution in [3.8, 4) is 0 Å². The summed E-state index contributed by atoms with van der Waals surface area (Å²) in [5, 5.41) is 12.8. The zero-order valence-corrected chi connectivity index (χ0v) is 16.6. The van der Waals surface area contributed by atoms with Gasteiger partial charge >= 0.3 is 5.97 Å². The molecule has 2 aliphatic carbocycles. The van der Waals surface area contributed by atoms with Gasteiger partial charge in [0.25, 0.3) is 5.91 Å². The fraction of sp³-hybridized carbons (Fsp3) is 0.650. The lowest BCUT2D eigenvalue weighted by molar-refractivity contribution is -0.147. The molecule has 2 amide bonds. The Balaban J connectivity index is 1.83. The van der Waals surface area contributed by atoms with Gasteiger partial charge in [-0.15, -0.1) is 11.3 Å². The molecule has 0 radical (unpaired) electrons. The third kappa shape index (κ3) is 4.18. The van der Waals surface area contributed by atoms with Crippen LogP contribution in [-0.2, 0) is 22.4 Å². The van der Waals surface area contributed by atoms with Gasteiger partial charge in [0.2, 0.25) is 5.91 Å². The second-order valence-electron chi connectivity index (χ2n) is 7.79. The van der Waals surface area contributed by atoms with Gasteiger partial charge in [0.05, 0.1) is 17.4 Å². The second-order valence-corrected chi connectivity index (χ2v) is 8.90. The van der Waals surface area contributed by atoms with Crippen LogP contribution < -0.4 is 11.1 Å². The van der Waals surface area contributed by atoms with Crippen molar-refractivity contribution in [2.45, 2.75) is 64.7 Å². The number of fused-ring (bicyclic) bond motifs is 1. The van der Waals surface area contributed by atoms with Gasteiger partial charge in [0.1, 0.15) is 5.00 Å². The van der Waals surface area contributed by atoms with Crippen molar-refractivity contribution < 1.29 is 19.5 Å². The summed E-state index contributed by atoms with van der Waals surface area (Å²) in [6.45, 7) is 2.17. The molecule has 0 spiro atoms. The lowest BCUT2D eigenvalue weighted by atomic mass is 9.78. The minimum absolute atomic E-state index is 0.298. The zero-order chi connectivity index (χ0) is 19.6. The van der Waals surface area contributed by atoms with Crippen molar-refractivity contribution in [1.29, 1.82) is 0 Å². The van der Waals surface area contributed by atoms with Crippen molar-refractivity contribution in [1.82, 2.24) is 0 Å².